The van der Waals surface area contributed by atoms with E-state index in [-0.39, 0.29) is 30.2 Å². The summed E-state index contributed by atoms with van der Waals surface area (Å²) in [6, 6.07) is 3.48. The number of amidine groups is 1. The zero-order chi connectivity index (χ0) is 16.0. The Hall–Kier alpha value is -2.52. The smallest absolute Gasteiger partial charge is 0.389 e. The van der Waals surface area contributed by atoms with Crippen molar-refractivity contribution in [2.75, 3.05) is 6.61 Å². The van der Waals surface area contributed by atoms with Gasteiger partial charge >= 0.3 is 11.9 Å². The first kappa shape index (κ1) is 16.5. The molecule has 3 N–H and O–H groups in total. The van der Waals surface area contributed by atoms with Gasteiger partial charge in [0.25, 0.3) is 0 Å². The molecule has 1 aromatic carbocycles. The van der Waals surface area contributed by atoms with Gasteiger partial charge in [-0.25, -0.2) is 0 Å². The fourth-order valence-corrected chi connectivity index (χ4v) is 1.45. The monoisotopic (exact) mass is 307 g/mol. The van der Waals surface area contributed by atoms with E-state index >= 15 is 0 Å². The number of hydrogen-bond donors (Lipinski definition) is 2. The summed E-state index contributed by atoms with van der Waals surface area (Å²) in [4.78, 5) is 10.1. The number of oxime groups is 1. The van der Waals surface area contributed by atoms with Crippen molar-refractivity contribution in [3.8, 4) is 5.75 Å². The molecule has 0 unspecified atom stereocenters. The molecule has 0 aliphatic carbocycles. The Kier molecular flexibility index (Phi) is 5.33. The molecule has 0 fully saturated rings. The number of alkyl halides is 3. The van der Waals surface area contributed by atoms with E-state index in [2.05, 4.69) is 5.16 Å². The Labute approximate surface area is 117 Å². The molecule has 0 spiro atoms. The fraction of sp³-hybridized carbons (Fsp3) is 0.364. The number of benzene rings is 1. The van der Waals surface area contributed by atoms with Gasteiger partial charge in [-0.15, -0.1) is 0 Å². The van der Waals surface area contributed by atoms with Crippen LogP contribution in [0.1, 0.15) is 18.4 Å². The summed E-state index contributed by atoms with van der Waals surface area (Å²) in [5, 5.41) is 22.1. The van der Waals surface area contributed by atoms with Crippen molar-refractivity contribution in [1.29, 1.82) is 0 Å². The van der Waals surface area contributed by atoms with Crippen LogP contribution < -0.4 is 10.5 Å². The zero-order valence-corrected chi connectivity index (χ0v) is 10.6. The molecule has 116 valence electrons. The van der Waals surface area contributed by atoms with Crippen molar-refractivity contribution in [3.63, 3.8) is 0 Å². The van der Waals surface area contributed by atoms with Crippen LogP contribution in [0.3, 0.4) is 0 Å². The van der Waals surface area contributed by atoms with Crippen molar-refractivity contribution in [2.45, 2.75) is 19.0 Å². The molecule has 0 bridgehead atoms. The van der Waals surface area contributed by atoms with E-state index in [1.165, 1.54) is 12.1 Å². The van der Waals surface area contributed by atoms with Gasteiger partial charge in [-0.2, -0.15) is 13.2 Å². The second-order valence-electron chi connectivity index (χ2n) is 3.99. The second kappa shape index (κ2) is 6.77. The predicted molar refractivity (Wildman–Crippen MR) is 66.4 cm³/mol. The summed E-state index contributed by atoms with van der Waals surface area (Å²) in [5.41, 5.74) is 4.90. The number of ether oxygens (including phenoxy) is 1. The van der Waals surface area contributed by atoms with Crippen molar-refractivity contribution in [1.82, 2.24) is 0 Å². The Morgan fingerprint density at radius 1 is 1.48 bits per heavy atom. The molecule has 1 rings (SSSR count). The average molecular weight is 307 g/mol. The van der Waals surface area contributed by atoms with E-state index in [9.17, 15) is 23.3 Å². The molecule has 0 radical (unpaired) electrons. The predicted octanol–water partition coefficient (Wildman–Crippen LogP) is 2.41. The van der Waals surface area contributed by atoms with Crippen LogP contribution in [0.15, 0.2) is 23.4 Å². The molecule has 0 atom stereocenters. The van der Waals surface area contributed by atoms with Crippen LogP contribution in [0.25, 0.3) is 0 Å². The van der Waals surface area contributed by atoms with E-state index in [0.717, 1.165) is 6.07 Å². The van der Waals surface area contributed by atoms with Crippen molar-refractivity contribution < 1.29 is 28.0 Å². The van der Waals surface area contributed by atoms with Crippen molar-refractivity contribution >= 4 is 11.5 Å². The Morgan fingerprint density at radius 3 is 2.67 bits per heavy atom. The second-order valence-corrected chi connectivity index (χ2v) is 3.99. The topological polar surface area (TPSA) is 111 Å². The first-order valence-corrected chi connectivity index (χ1v) is 5.70. The summed E-state index contributed by atoms with van der Waals surface area (Å²) in [6.07, 6.45) is -5.66. The summed E-state index contributed by atoms with van der Waals surface area (Å²) >= 11 is 0. The molecule has 0 saturated carbocycles. The fourth-order valence-electron chi connectivity index (χ4n) is 1.45. The average Bonchev–Trinajstić information content (AvgIpc) is 2.41. The lowest BCUT2D eigenvalue weighted by molar-refractivity contribution is -0.385. The van der Waals surface area contributed by atoms with Gasteiger partial charge in [0.1, 0.15) is 0 Å². The summed E-state index contributed by atoms with van der Waals surface area (Å²) < 4.78 is 40.8. The van der Waals surface area contributed by atoms with Crippen LogP contribution in [-0.4, -0.2) is 28.7 Å². The number of rotatable bonds is 6. The SMILES string of the molecule is N/C(=N/O)c1ccc(OCCCC(F)(F)F)c([N+](=O)[O-])c1. The van der Waals surface area contributed by atoms with Gasteiger partial charge in [-0.1, -0.05) is 5.16 Å². The Morgan fingerprint density at radius 2 is 2.14 bits per heavy atom. The minimum Gasteiger partial charge on any atom is -0.487 e. The molecule has 0 heterocycles. The van der Waals surface area contributed by atoms with Gasteiger partial charge in [0, 0.05) is 18.1 Å². The van der Waals surface area contributed by atoms with Crippen LogP contribution in [0, 0.1) is 10.1 Å². The van der Waals surface area contributed by atoms with Crippen LogP contribution in [0.5, 0.6) is 5.75 Å². The molecule has 7 nitrogen and oxygen atoms in total. The molecular formula is C11H12F3N3O4. The lowest BCUT2D eigenvalue weighted by Gasteiger charge is -2.09. The van der Waals surface area contributed by atoms with Gasteiger partial charge < -0.3 is 15.7 Å². The van der Waals surface area contributed by atoms with E-state index < -0.39 is 23.2 Å². The Balaban J connectivity index is 2.80. The van der Waals surface area contributed by atoms with Crippen LogP contribution in [0.4, 0.5) is 18.9 Å². The number of hydrogen-bond acceptors (Lipinski definition) is 5. The van der Waals surface area contributed by atoms with Crippen molar-refractivity contribution in [2.24, 2.45) is 10.9 Å². The van der Waals surface area contributed by atoms with Crippen LogP contribution >= 0.6 is 0 Å². The van der Waals surface area contributed by atoms with Gasteiger partial charge in [-0.3, -0.25) is 10.1 Å². The maximum atomic E-state index is 12.0. The van der Waals surface area contributed by atoms with Crippen LogP contribution in [0.2, 0.25) is 0 Å². The molecule has 1 aromatic rings. The van der Waals surface area contributed by atoms with Gasteiger partial charge in [0.15, 0.2) is 11.6 Å². The van der Waals surface area contributed by atoms with Crippen LogP contribution in [-0.2, 0) is 0 Å². The van der Waals surface area contributed by atoms with Crippen molar-refractivity contribution in [3.05, 3.63) is 33.9 Å². The minimum absolute atomic E-state index is 0.0897. The minimum atomic E-state index is -4.30. The molecule has 0 aliphatic heterocycles. The van der Waals surface area contributed by atoms with Gasteiger partial charge in [-0.05, 0) is 18.6 Å². The third-order valence-electron chi connectivity index (χ3n) is 2.42. The Bertz CT molecular complexity index is 546. The number of nitro groups is 1. The molecule has 0 amide bonds. The first-order valence-electron chi connectivity index (χ1n) is 5.70. The zero-order valence-electron chi connectivity index (χ0n) is 10.6. The van der Waals surface area contributed by atoms with E-state index in [0.29, 0.717) is 0 Å². The summed E-state index contributed by atoms with van der Waals surface area (Å²) in [5.74, 6) is -0.515. The summed E-state index contributed by atoms with van der Waals surface area (Å²) in [7, 11) is 0. The maximum absolute atomic E-state index is 12.0. The van der Waals surface area contributed by atoms with E-state index in [1.807, 2.05) is 0 Å². The normalized spacial score (nSPS) is 12.2. The quantitative estimate of drug-likeness (QED) is 0.209. The standard InChI is InChI=1S/C11H12F3N3O4/c12-11(13,14)4-1-5-21-9-3-2-7(10(15)16-18)6-8(9)17(19)20/h2-3,6,18H,1,4-5H2,(H2,15,16). The highest BCUT2D eigenvalue weighted by atomic mass is 19.4. The molecular weight excluding hydrogens is 295 g/mol. The van der Waals surface area contributed by atoms with Gasteiger partial charge in [0.2, 0.25) is 0 Å². The highest BCUT2D eigenvalue weighted by Gasteiger charge is 2.26. The third kappa shape index (κ3) is 5.16. The number of nitrogens with zero attached hydrogens (tertiary/aromatic N) is 2. The number of halogens is 3. The highest BCUT2D eigenvalue weighted by molar-refractivity contribution is 5.97. The summed E-state index contributed by atoms with van der Waals surface area (Å²) in [6.45, 7) is -0.316. The first-order chi connectivity index (χ1) is 9.74. The third-order valence-corrected chi connectivity index (χ3v) is 2.42. The van der Waals surface area contributed by atoms with E-state index in [1.54, 1.807) is 0 Å². The number of nitro benzene ring substituents is 1. The van der Waals surface area contributed by atoms with Gasteiger partial charge in [0.05, 0.1) is 11.5 Å². The lowest BCUT2D eigenvalue weighted by Crippen LogP contribution is -2.14. The maximum Gasteiger partial charge on any atom is 0.389 e. The lowest BCUT2D eigenvalue weighted by atomic mass is 10.1. The highest BCUT2D eigenvalue weighted by Crippen LogP contribution is 2.29. The molecule has 0 saturated heterocycles. The number of nitrogens with two attached hydrogens (primary N) is 1. The molecule has 21 heavy (non-hydrogen) atoms. The molecule has 0 aromatic heterocycles. The van der Waals surface area contributed by atoms with E-state index in [4.69, 9.17) is 15.7 Å². The largest absolute Gasteiger partial charge is 0.487 e. The molecule has 0 aliphatic rings. The molecule has 10 heteroatoms.